The summed E-state index contributed by atoms with van der Waals surface area (Å²) in [5, 5.41) is 0. The molecule has 0 radical (unpaired) electrons. The molecule has 0 aliphatic heterocycles. The van der Waals surface area contributed by atoms with Crippen molar-refractivity contribution >= 4 is 5.97 Å². The first-order chi connectivity index (χ1) is 8.24. The molecule has 0 saturated heterocycles. The minimum Gasteiger partial charge on any atom is -0.459 e. The number of allylic oxidation sites excluding steroid dienone is 1. The molecule has 2 nitrogen and oxygen atoms in total. The van der Waals surface area contributed by atoms with Crippen LogP contribution in [0.1, 0.15) is 38.5 Å². The Morgan fingerprint density at radius 3 is 2.65 bits per heavy atom. The van der Waals surface area contributed by atoms with Crippen LogP contribution in [-0.2, 0) is 9.53 Å². The molecule has 0 aromatic carbocycles. The minimum absolute atomic E-state index is 0.472. The van der Waals surface area contributed by atoms with Gasteiger partial charge in [0, 0.05) is 25.2 Å². The summed E-state index contributed by atoms with van der Waals surface area (Å²) in [7, 11) is 1.33. The zero-order valence-corrected chi connectivity index (χ0v) is 10.3. The van der Waals surface area contributed by atoms with Gasteiger partial charge in [-0.1, -0.05) is 18.1 Å². The summed E-state index contributed by atoms with van der Waals surface area (Å²) in [4.78, 5) is 10.7. The summed E-state index contributed by atoms with van der Waals surface area (Å²) >= 11 is 0. The average molecular weight is 230 g/mol. The fourth-order valence-corrected chi connectivity index (χ4v) is 1.44. The zero-order chi connectivity index (χ0) is 12.5. The van der Waals surface area contributed by atoms with Crippen LogP contribution >= 0.6 is 0 Å². The lowest BCUT2D eigenvalue weighted by Gasteiger charge is -1.88. The number of unbranched alkanes of at least 4 members (excludes halogenated alkanes) is 2. The maximum atomic E-state index is 10.7. The van der Waals surface area contributed by atoms with Crippen LogP contribution in [0.2, 0.25) is 0 Å². The van der Waals surface area contributed by atoms with E-state index in [1.165, 1.54) is 19.1 Å². The van der Waals surface area contributed by atoms with Crippen LogP contribution in [0.5, 0.6) is 0 Å². The smallest absolute Gasteiger partial charge is 0.384 e. The van der Waals surface area contributed by atoms with Crippen LogP contribution in [0.15, 0.2) is 12.2 Å². The Morgan fingerprint density at radius 2 is 2.00 bits per heavy atom. The van der Waals surface area contributed by atoms with Gasteiger partial charge in [0.15, 0.2) is 0 Å². The molecule has 90 valence electrons. The molecule has 0 aromatic heterocycles. The van der Waals surface area contributed by atoms with Gasteiger partial charge in [-0.15, -0.1) is 11.8 Å². The lowest BCUT2D eigenvalue weighted by Crippen LogP contribution is -1.93. The second-order valence-corrected chi connectivity index (χ2v) is 4.10. The van der Waals surface area contributed by atoms with E-state index in [0.717, 1.165) is 31.6 Å². The Hall–Kier alpha value is -1.67. The molecule has 0 aromatic rings. The van der Waals surface area contributed by atoms with Crippen LogP contribution < -0.4 is 0 Å². The Balaban J connectivity index is 1.95. The Kier molecular flexibility index (Phi) is 5.97. The van der Waals surface area contributed by atoms with E-state index in [4.69, 9.17) is 0 Å². The monoisotopic (exact) mass is 230 g/mol. The third kappa shape index (κ3) is 6.48. The van der Waals surface area contributed by atoms with Crippen molar-refractivity contribution in [3.63, 3.8) is 0 Å². The lowest BCUT2D eigenvalue weighted by molar-refractivity contribution is -0.133. The SMILES string of the molecule is C=C1CC1CCC#CCCCC#CC(=O)OC. The van der Waals surface area contributed by atoms with E-state index in [0.29, 0.717) is 6.42 Å². The molecule has 1 unspecified atom stereocenters. The molecule has 1 saturated carbocycles. The summed E-state index contributed by atoms with van der Waals surface area (Å²) in [6.45, 7) is 3.92. The van der Waals surface area contributed by atoms with Crippen molar-refractivity contribution in [1.29, 1.82) is 0 Å². The summed E-state index contributed by atoms with van der Waals surface area (Å²) in [6, 6.07) is 0. The third-order valence-electron chi connectivity index (χ3n) is 2.65. The number of ether oxygens (including phenoxy) is 1. The zero-order valence-electron chi connectivity index (χ0n) is 10.3. The molecule has 1 fully saturated rings. The number of methoxy groups -OCH3 is 1. The molecule has 1 rings (SSSR count). The molecule has 0 amide bonds. The van der Waals surface area contributed by atoms with Gasteiger partial charge in [0.2, 0.25) is 0 Å². The second-order valence-electron chi connectivity index (χ2n) is 4.10. The first-order valence-corrected chi connectivity index (χ1v) is 5.94. The Bertz CT molecular complexity index is 398. The molecule has 0 heterocycles. The number of esters is 1. The van der Waals surface area contributed by atoms with Crippen molar-refractivity contribution in [3.8, 4) is 23.7 Å². The number of hydrogen-bond donors (Lipinski definition) is 0. The third-order valence-corrected chi connectivity index (χ3v) is 2.65. The fraction of sp³-hybridized carbons (Fsp3) is 0.533. The summed E-state index contributed by atoms with van der Waals surface area (Å²) in [6.07, 6.45) is 5.79. The van der Waals surface area contributed by atoms with Crippen LogP contribution in [0, 0.1) is 29.6 Å². The molecule has 1 aliphatic rings. The summed E-state index contributed by atoms with van der Waals surface area (Å²) in [5.74, 6) is 11.7. The standard InChI is InChI=1S/C15H18O2/c1-13-12-14(13)10-8-6-4-3-5-7-9-11-15(16)17-2/h14H,1,3,5,7-8,10,12H2,2H3. The van der Waals surface area contributed by atoms with E-state index >= 15 is 0 Å². The van der Waals surface area contributed by atoms with E-state index < -0.39 is 5.97 Å². The minimum atomic E-state index is -0.472. The largest absolute Gasteiger partial charge is 0.459 e. The van der Waals surface area contributed by atoms with Crippen molar-refractivity contribution < 1.29 is 9.53 Å². The first-order valence-electron chi connectivity index (χ1n) is 5.94. The van der Waals surface area contributed by atoms with E-state index in [1.807, 2.05) is 0 Å². The summed E-state index contributed by atoms with van der Waals surface area (Å²) < 4.78 is 4.40. The lowest BCUT2D eigenvalue weighted by atomic mass is 10.2. The van der Waals surface area contributed by atoms with Crippen LogP contribution in [-0.4, -0.2) is 13.1 Å². The number of hydrogen-bond acceptors (Lipinski definition) is 2. The second kappa shape index (κ2) is 7.58. The van der Waals surface area contributed by atoms with Gasteiger partial charge in [-0.2, -0.15) is 0 Å². The normalized spacial score (nSPS) is 16.3. The van der Waals surface area contributed by atoms with E-state index in [2.05, 4.69) is 35.0 Å². The van der Waals surface area contributed by atoms with Crippen molar-refractivity contribution in [1.82, 2.24) is 0 Å². The van der Waals surface area contributed by atoms with Crippen molar-refractivity contribution in [2.24, 2.45) is 5.92 Å². The summed E-state index contributed by atoms with van der Waals surface area (Å²) in [5.41, 5.74) is 1.38. The molecule has 1 atom stereocenters. The molecule has 0 bridgehead atoms. The number of carbonyl (C=O) groups is 1. The average Bonchev–Trinajstić information content (AvgIpc) is 3.02. The molecular formula is C15H18O2. The van der Waals surface area contributed by atoms with Crippen molar-refractivity contribution in [2.75, 3.05) is 7.11 Å². The van der Waals surface area contributed by atoms with Gasteiger partial charge in [-0.05, 0) is 25.2 Å². The maximum Gasteiger partial charge on any atom is 0.384 e. The Morgan fingerprint density at radius 1 is 1.35 bits per heavy atom. The van der Waals surface area contributed by atoms with Crippen molar-refractivity contribution in [2.45, 2.75) is 38.5 Å². The first kappa shape index (κ1) is 13.4. The number of carbonyl (C=O) groups excluding carboxylic acids is 1. The van der Waals surface area contributed by atoms with Gasteiger partial charge in [0.05, 0.1) is 7.11 Å². The Labute approximate surface area is 103 Å². The highest BCUT2D eigenvalue weighted by atomic mass is 16.5. The van der Waals surface area contributed by atoms with Gasteiger partial charge < -0.3 is 4.74 Å². The van der Waals surface area contributed by atoms with Crippen LogP contribution in [0.4, 0.5) is 0 Å². The quantitative estimate of drug-likeness (QED) is 0.244. The van der Waals surface area contributed by atoms with E-state index in [-0.39, 0.29) is 0 Å². The van der Waals surface area contributed by atoms with E-state index in [9.17, 15) is 4.79 Å². The molecule has 0 spiro atoms. The molecule has 1 aliphatic carbocycles. The molecular weight excluding hydrogens is 212 g/mol. The molecule has 2 heteroatoms. The number of rotatable bonds is 4. The van der Waals surface area contributed by atoms with Gasteiger partial charge in [-0.25, -0.2) is 4.79 Å². The van der Waals surface area contributed by atoms with Crippen molar-refractivity contribution in [3.05, 3.63) is 12.2 Å². The molecule has 17 heavy (non-hydrogen) atoms. The van der Waals surface area contributed by atoms with E-state index in [1.54, 1.807) is 0 Å². The van der Waals surface area contributed by atoms with Gasteiger partial charge in [0.25, 0.3) is 0 Å². The fourth-order valence-electron chi connectivity index (χ4n) is 1.44. The molecule has 0 N–H and O–H groups in total. The highest BCUT2D eigenvalue weighted by Crippen LogP contribution is 2.39. The topological polar surface area (TPSA) is 26.3 Å². The van der Waals surface area contributed by atoms with Crippen LogP contribution in [0.25, 0.3) is 0 Å². The van der Waals surface area contributed by atoms with Gasteiger partial charge >= 0.3 is 5.97 Å². The maximum absolute atomic E-state index is 10.7. The predicted octanol–water partition coefficient (Wildman–Crippen LogP) is 2.69. The van der Waals surface area contributed by atoms with Crippen LogP contribution in [0.3, 0.4) is 0 Å². The van der Waals surface area contributed by atoms with Gasteiger partial charge in [-0.3, -0.25) is 0 Å². The highest BCUT2D eigenvalue weighted by molar-refractivity contribution is 5.88. The highest BCUT2D eigenvalue weighted by Gasteiger charge is 2.25. The predicted molar refractivity (Wildman–Crippen MR) is 67.9 cm³/mol. The van der Waals surface area contributed by atoms with Gasteiger partial charge in [0.1, 0.15) is 0 Å².